The molecular weight excluding hydrogens is 266 g/mol. The summed E-state index contributed by atoms with van der Waals surface area (Å²) in [7, 11) is 0. The Morgan fingerprint density at radius 3 is 2.56 bits per heavy atom. The van der Waals surface area contributed by atoms with E-state index in [-0.39, 0.29) is 11.3 Å². The minimum atomic E-state index is 0.0123. The molecular formula is C13H8BrNO. The van der Waals surface area contributed by atoms with E-state index in [0.717, 1.165) is 15.6 Å². The third kappa shape index (κ3) is 1.93. The SMILES string of the molecule is N#Cc1cc(-c2ccccc2Br)ccc1O. The lowest BCUT2D eigenvalue weighted by Gasteiger charge is -2.05. The predicted molar refractivity (Wildman–Crippen MR) is 66.0 cm³/mol. The van der Waals surface area contributed by atoms with Crippen LogP contribution in [0.15, 0.2) is 46.9 Å². The van der Waals surface area contributed by atoms with Crippen molar-refractivity contribution in [3.63, 3.8) is 0 Å². The van der Waals surface area contributed by atoms with Gasteiger partial charge in [0.05, 0.1) is 5.56 Å². The number of nitriles is 1. The number of hydrogen-bond donors (Lipinski definition) is 1. The van der Waals surface area contributed by atoms with Crippen LogP contribution < -0.4 is 0 Å². The standard InChI is InChI=1S/C13H8BrNO/c14-12-4-2-1-3-11(12)9-5-6-13(16)10(7-9)8-15/h1-7,16H. The van der Waals surface area contributed by atoms with Crippen molar-refractivity contribution in [3.8, 4) is 22.9 Å². The normalized spacial score (nSPS) is 9.75. The van der Waals surface area contributed by atoms with Crippen molar-refractivity contribution in [2.45, 2.75) is 0 Å². The van der Waals surface area contributed by atoms with Crippen molar-refractivity contribution < 1.29 is 5.11 Å². The van der Waals surface area contributed by atoms with Crippen molar-refractivity contribution >= 4 is 15.9 Å². The Morgan fingerprint density at radius 1 is 1.12 bits per heavy atom. The quantitative estimate of drug-likeness (QED) is 0.861. The maximum atomic E-state index is 9.42. The molecule has 0 heterocycles. The van der Waals surface area contributed by atoms with Gasteiger partial charge in [0.15, 0.2) is 0 Å². The van der Waals surface area contributed by atoms with Gasteiger partial charge in [-0.25, -0.2) is 0 Å². The second kappa shape index (κ2) is 4.38. The van der Waals surface area contributed by atoms with E-state index in [1.807, 2.05) is 30.3 Å². The molecule has 1 N–H and O–H groups in total. The van der Waals surface area contributed by atoms with Gasteiger partial charge in [-0.3, -0.25) is 0 Å². The Bertz CT molecular complexity index is 572. The zero-order chi connectivity index (χ0) is 11.5. The van der Waals surface area contributed by atoms with E-state index in [0.29, 0.717) is 0 Å². The first kappa shape index (κ1) is 10.7. The van der Waals surface area contributed by atoms with E-state index in [1.165, 1.54) is 6.07 Å². The van der Waals surface area contributed by atoms with Crippen molar-refractivity contribution in [2.75, 3.05) is 0 Å². The molecule has 16 heavy (non-hydrogen) atoms. The number of halogens is 1. The molecule has 0 radical (unpaired) electrons. The summed E-state index contributed by atoms with van der Waals surface area (Å²) in [5.74, 6) is 0.0123. The van der Waals surface area contributed by atoms with Gasteiger partial charge in [0, 0.05) is 4.47 Å². The van der Waals surface area contributed by atoms with E-state index >= 15 is 0 Å². The molecule has 2 rings (SSSR count). The van der Waals surface area contributed by atoms with Crippen LogP contribution in [0.4, 0.5) is 0 Å². The fourth-order valence-corrected chi connectivity index (χ4v) is 2.00. The van der Waals surface area contributed by atoms with Gasteiger partial charge in [0.25, 0.3) is 0 Å². The fraction of sp³-hybridized carbons (Fsp3) is 0. The zero-order valence-corrected chi connectivity index (χ0v) is 9.90. The molecule has 78 valence electrons. The lowest BCUT2D eigenvalue weighted by Crippen LogP contribution is -1.82. The summed E-state index contributed by atoms with van der Waals surface area (Å²) in [6, 6.07) is 14.7. The molecule has 0 amide bonds. The van der Waals surface area contributed by atoms with Crippen LogP contribution in [0.2, 0.25) is 0 Å². The Labute approximate surface area is 102 Å². The van der Waals surface area contributed by atoms with Crippen LogP contribution in [-0.2, 0) is 0 Å². The Kier molecular flexibility index (Phi) is 2.93. The highest BCUT2D eigenvalue weighted by atomic mass is 79.9. The van der Waals surface area contributed by atoms with Crippen molar-refractivity contribution in [3.05, 3.63) is 52.5 Å². The van der Waals surface area contributed by atoms with E-state index in [9.17, 15) is 5.11 Å². The number of phenols is 1. The molecule has 3 heteroatoms. The lowest BCUT2D eigenvalue weighted by atomic mass is 10.0. The molecule has 2 aromatic rings. The topological polar surface area (TPSA) is 44.0 Å². The minimum absolute atomic E-state index is 0.0123. The van der Waals surface area contributed by atoms with Crippen molar-refractivity contribution in [1.82, 2.24) is 0 Å². The van der Waals surface area contributed by atoms with E-state index in [1.54, 1.807) is 12.1 Å². The molecule has 0 saturated heterocycles. The Hall–Kier alpha value is -1.79. The predicted octanol–water partition coefficient (Wildman–Crippen LogP) is 3.69. The average molecular weight is 274 g/mol. The average Bonchev–Trinajstić information content (AvgIpc) is 2.31. The smallest absolute Gasteiger partial charge is 0.133 e. The number of hydrogen-bond acceptors (Lipinski definition) is 2. The molecule has 2 aromatic carbocycles. The van der Waals surface area contributed by atoms with Gasteiger partial charge >= 0.3 is 0 Å². The minimum Gasteiger partial charge on any atom is -0.507 e. The summed E-state index contributed by atoms with van der Waals surface area (Å²) in [5.41, 5.74) is 2.19. The van der Waals surface area contributed by atoms with Gasteiger partial charge in [-0.05, 0) is 29.3 Å². The third-order valence-corrected chi connectivity index (χ3v) is 2.99. The van der Waals surface area contributed by atoms with Crippen LogP contribution in [0.1, 0.15) is 5.56 Å². The summed E-state index contributed by atoms with van der Waals surface area (Å²) in [6.07, 6.45) is 0. The first-order valence-electron chi connectivity index (χ1n) is 4.70. The largest absolute Gasteiger partial charge is 0.507 e. The van der Waals surface area contributed by atoms with E-state index in [2.05, 4.69) is 15.9 Å². The van der Waals surface area contributed by atoms with Crippen molar-refractivity contribution in [1.29, 1.82) is 5.26 Å². The summed E-state index contributed by atoms with van der Waals surface area (Å²) in [5, 5.41) is 18.3. The summed E-state index contributed by atoms with van der Waals surface area (Å²) < 4.78 is 0.963. The first-order valence-corrected chi connectivity index (χ1v) is 5.49. The van der Waals surface area contributed by atoms with Gasteiger partial charge in [-0.1, -0.05) is 40.2 Å². The molecule has 0 atom stereocenters. The summed E-state index contributed by atoms with van der Waals surface area (Å²) in [4.78, 5) is 0. The molecule has 0 unspecified atom stereocenters. The van der Waals surface area contributed by atoms with Crippen LogP contribution in [0, 0.1) is 11.3 Å². The number of nitrogens with zero attached hydrogens (tertiary/aromatic N) is 1. The van der Waals surface area contributed by atoms with E-state index in [4.69, 9.17) is 5.26 Å². The van der Waals surface area contributed by atoms with E-state index < -0.39 is 0 Å². The number of benzene rings is 2. The summed E-state index contributed by atoms with van der Waals surface area (Å²) in [6.45, 7) is 0. The second-order valence-electron chi connectivity index (χ2n) is 3.32. The van der Waals surface area contributed by atoms with Gasteiger partial charge in [-0.15, -0.1) is 0 Å². The highest BCUT2D eigenvalue weighted by molar-refractivity contribution is 9.10. The zero-order valence-electron chi connectivity index (χ0n) is 8.31. The van der Waals surface area contributed by atoms with Crippen LogP contribution in [0.5, 0.6) is 5.75 Å². The lowest BCUT2D eigenvalue weighted by molar-refractivity contribution is 0.473. The summed E-state index contributed by atoms with van der Waals surface area (Å²) >= 11 is 3.45. The third-order valence-electron chi connectivity index (χ3n) is 2.30. The number of aromatic hydroxyl groups is 1. The Balaban J connectivity index is 2.59. The molecule has 2 nitrogen and oxygen atoms in total. The molecule has 0 fully saturated rings. The molecule has 0 aliphatic heterocycles. The molecule has 0 aliphatic rings. The molecule has 0 bridgehead atoms. The van der Waals surface area contributed by atoms with Gasteiger partial charge in [-0.2, -0.15) is 5.26 Å². The second-order valence-corrected chi connectivity index (χ2v) is 4.18. The van der Waals surface area contributed by atoms with Crippen LogP contribution in [0.3, 0.4) is 0 Å². The van der Waals surface area contributed by atoms with Gasteiger partial charge < -0.3 is 5.11 Å². The first-order chi connectivity index (χ1) is 7.72. The number of phenolic OH excluding ortho intramolecular Hbond substituents is 1. The Morgan fingerprint density at radius 2 is 1.88 bits per heavy atom. The highest BCUT2D eigenvalue weighted by Gasteiger charge is 2.05. The number of rotatable bonds is 1. The van der Waals surface area contributed by atoms with Gasteiger partial charge in [0.1, 0.15) is 11.8 Å². The van der Waals surface area contributed by atoms with Crippen LogP contribution in [-0.4, -0.2) is 5.11 Å². The fourth-order valence-electron chi connectivity index (χ4n) is 1.49. The maximum Gasteiger partial charge on any atom is 0.133 e. The van der Waals surface area contributed by atoms with Crippen LogP contribution in [0.25, 0.3) is 11.1 Å². The monoisotopic (exact) mass is 273 g/mol. The molecule has 0 aromatic heterocycles. The maximum absolute atomic E-state index is 9.42. The molecule has 0 saturated carbocycles. The molecule has 0 spiro atoms. The van der Waals surface area contributed by atoms with Gasteiger partial charge in [0.2, 0.25) is 0 Å². The highest BCUT2D eigenvalue weighted by Crippen LogP contribution is 2.30. The van der Waals surface area contributed by atoms with Crippen LogP contribution >= 0.6 is 15.9 Å². The molecule has 0 aliphatic carbocycles. The van der Waals surface area contributed by atoms with Crippen molar-refractivity contribution in [2.24, 2.45) is 0 Å².